The van der Waals surface area contributed by atoms with Crippen LogP contribution in [0.5, 0.6) is 0 Å². The average Bonchev–Trinajstić information content (AvgIpc) is 3.20. The summed E-state index contributed by atoms with van der Waals surface area (Å²) in [6, 6.07) is 15.6. The fourth-order valence-corrected chi connectivity index (χ4v) is 2.70. The van der Waals surface area contributed by atoms with E-state index >= 15 is 0 Å². The first-order valence-corrected chi connectivity index (χ1v) is 7.77. The van der Waals surface area contributed by atoms with Gasteiger partial charge in [-0.25, -0.2) is 4.68 Å². The summed E-state index contributed by atoms with van der Waals surface area (Å²) in [6.07, 6.45) is 5.00. The van der Waals surface area contributed by atoms with E-state index < -0.39 is 0 Å². The molecule has 4 nitrogen and oxygen atoms in total. The fourth-order valence-electron chi connectivity index (χ4n) is 2.02. The van der Waals surface area contributed by atoms with Gasteiger partial charge in [0.05, 0.1) is 12.7 Å². The third-order valence-corrected chi connectivity index (χ3v) is 3.94. The fraction of sp³-hybridized carbons (Fsp3) is 0.0588. The number of aromatic nitrogens is 2. The molecule has 0 aliphatic heterocycles. The Morgan fingerprint density at radius 2 is 2.05 bits per heavy atom. The molecule has 0 fully saturated rings. The lowest BCUT2D eigenvalue weighted by Gasteiger charge is -2.06. The molecule has 2 heterocycles. The molecule has 1 N–H and O–H groups in total. The number of anilines is 1. The van der Waals surface area contributed by atoms with Crippen molar-refractivity contribution in [2.24, 2.45) is 0 Å². The average molecular weight is 309 g/mol. The highest BCUT2D eigenvalue weighted by atomic mass is 32.1. The molecule has 110 valence electrons. The predicted octanol–water partition coefficient (Wildman–Crippen LogP) is 3.64. The molecule has 0 saturated carbocycles. The van der Waals surface area contributed by atoms with E-state index in [1.807, 2.05) is 47.8 Å². The van der Waals surface area contributed by atoms with Gasteiger partial charge in [-0.3, -0.25) is 4.79 Å². The smallest absolute Gasteiger partial charge is 0.249 e. The minimum atomic E-state index is -0.170. The van der Waals surface area contributed by atoms with Crippen LogP contribution in [0.15, 0.2) is 66.2 Å². The van der Waals surface area contributed by atoms with Gasteiger partial charge in [0.15, 0.2) is 0 Å². The van der Waals surface area contributed by atoms with Gasteiger partial charge in [0, 0.05) is 17.0 Å². The van der Waals surface area contributed by atoms with Crippen molar-refractivity contribution in [3.8, 4) is 0 Å². The number of carbonyl (C=O) groups is 1. The lowest BCUT2D eigenvalue weighted by molar-refractivity contribution is -0.111. The number of carbonyl (C=O) groups excluding carboxylic acids is 1. The number of nitrogens with zero attached hydrogens (tertiary/aromatic N) is 2. The minimum absolute atomic E-state index is 0.170. The molecule has 0 bridgehead atoms. The van der Waals surface area contributed by atoms with Gasteiger partial charge in [-0.05, 0) is 23.1 Å². The zero-order valence-corrected chi connectivity index (χ0v) is 12.7. The number of amides is 1. The quantitative estimate of drug-likeness (QED) is 0.731. The van der Waals surface area contributed by atoms with E-state index in [0.717, 1.165) is 5.56 Å². The molecule has 0 radical (unpaired) electrons. The first-order chi connectivity index (χ1) is 10.8. The number of rotatable bonds is 5. The number of benzene rings is 1. The van der Waals surface area contributed by atoms with Gasteiger partial charge in [-0.15, -0.1) is 11.3 Å². The highest BCUT2D eigenvalue weighted by Gasteiger charge is 2.06. The van der Waals surface area contributed by atoms with E-state index in [1.54, 1.807) is 34.4 Å². The van der Waals surface area contributed by atoms with Crippen molar-refractivity contribution in [3.05, 3.63) is 76.6 Å². The maximum atomic E-state index is 12.0. The van der Waals surface area contributed by atoms with Gasteiger partial charge in [-0.2, -0.15) is 5.10 Å². The second-order valence-electron chi connectivity index (χ2n) is 4.69. The molecular weight excluding hydrogens is 294 g/mol. The van der Waals surface area contributed by atoms with Crippen molar-refractivity contribution >= 4 is 29.1 Å². The van der Waals surface area contributed by atoms with Crippen molar-refractivity contribution in [2.45, 2.75) is 6.54 Å². The maximum Gasteiger partial charge on any atom is 0.249 e. The van der Waals surface area contributed by atoms with Crippen LogP contribution >= 0.6 is 11.3 Å². The van der Waals surface area contributed by atoms with Crippen LogP contribution in [-0.4, -0.2) is 15.7 Å². The molecule has 1 amide bonds. The maximum absolute atomic E-state index is 12.0. The highest BCUT2D eigenvalue weighted by Crippen LogP contribution is 2.14. The first kappa shape index (κ1) is 14.3. The molecular formula is C17H15N3OS. The van der Waals surface area contributed by atoms with Crippen LogP contribution in [0.2, 0.25) is 0 Å². The summed E-state index contributed by atoms with van der Waals surface area (Å²) in [5.41, 5.74) is 0.991. The molecule has 22 heavy (non-hydrogen) atoms. The lowest BCUT2D eigenvalue weighted by Crippen LogP contribution is -2.13. The molecule has 2 aromatic heterocycles. The molecule has 0 aliphatic carbocycles. The third kappa shape index (κ3) is 3.71. The summed E-state index contributed by atoms with van der Waals surface area (Å²) in [4.78, 5) is 13.2. The largest absolute Gasteiger partial charge is 0.307 e. The SMILES string of the molecule is O=C(/C=C/c1ccccc1)Nc1ccnn1Cc1cccs1. The van der Waals surface area contributed by atoms with Crippen LogP contribution in [0.3, 0.4) is 0 Å². The molecule has 0 spiro atoms. The number of hydrogen-bond donors (Lipinski definition) is 1. The normalized spacial score (nSPS) is 10.9. The van der Waals surface area contributed by atoms with E-state index in [4.69, 9.17) is 0 Å². The molecule has 0 atom stereocenters. The second-order valence-corrected chi connectivity index (χ2v) is 5.72. The van der Waals surface area contributed by atoms with Crippen LogP contribution in [0.25, 0.3) is 6.08 Å². The topological polar surface area (TPSA) is 46.9 Å². The minimum Gasteiger partial charge on any atom is -0.307 e. The first-order valence-electron chi connectivity index (χ1n) is 6.89. The van der Waals surface area contributed by atoms with E-state index in [0.29, 0.717) is 12.4 Å². The Bertz CT molecular complexity index is 760. The Kier molecular flexibility index (Phi) is 4.46. The lowest BCUT2D eigenvalue weighted by atomic mass is 10.2. The van der Waals surface area contributed by atoms with Gasteiger partial charge < -0.3 is 5.32 Å². The van der Waals surface area contributed by atoms with Crippen molar-refractivity contribution in [1.29, 1.82) is 0 Å². The molecule has 0 saturated heterocycles. The van der Waals surface area contributed by atoms with Crippen LogP contribution in [0.1, 0.15) is 10.4 Å². The van der Waals surface area contributed by atoms with Crippen molar-refractivity contribution in [2.75, 3.05) is 5.32 Å². The van der Waals surface area contributed by atoms with Gasteiger partial charge in [0.1, 0.15) is 5.82 Å². The summed E-state index contributed by atoms with van der Waals surface area (Å²) in [5, 5.41) is 9.13. The summed E-state index contributed by atoms with van der Waals surface area (Å²) in [5.74, 6) is 0.521. The molecule has 3 aromatic rings. The van der Waals surface area contributed by atoms with Gasteiger partial charge in [0.25, 0.3) is 0 Å². The standard InChI is InChI=1S/C17H15N3OS/c21-17(9-8-14-5-2-1-3-6-14)19-16-10-11-18-20(16)13-15-7-4-12-22-15/h1-12H,13H2,(H,19,21)/b9-8+. The van der Waals surface area contributed by atoms with Gasteiger partial charge >= 0.3 is 0 Å². The Labute approximate surface area is 132 Å². The van der Waals surface area contributed by atoms with Crippen molar-refractivity contribution < 1.29 is 4.79 Å². The monoisotopic (exact) mass is 309 g/mol. The Hall–Kier alpha value is -2.66. The highest BCUT2D eigenvalue weighted by molar-refractivity contribution is 7.09. The molecule has 0 aliphatic rings. The van der Waals surface area contributed by atoms with E-state index in [1.165, 1.54) is 11.0 Å². The van der Waals surface area contributed by atoms with E-state index in [9.17, 15) is 4.79 Å². The van der Waals surface area contributed by atoms with E-state index in [2.05, 4.69) is 10.4 Å². The van der Waals surface area contributed by atoms with Crippen LogP contribution in [-0.2, 0) is 11.3 Å². The second kappa shape index (κ2) is 6.87. The number of hydrogen-bond acceptors (Lipinski definition) is 3. The van der Waals surface area contributed by atoms with Crippen molar-refractivity contribution in [1.82, 2.24) is 9.78 Å². The Morgan fingerprint density at radius 3 is 2.82 bits per heavy atom. The Balaban J connectivity index is 1.65. The summed E-state index contributed by atoms with van der Waals surface area (Å²) in [6.45, 7) is 0.655. The number of nitrogens with one attached hydrogen (secondary N) is 1. The Morgan fingerprint density at radius 1 is 1.18 bits per heavy atom. The van der Waals surface area contributed by atoms with Crippen molar-refractivity contribution in [3.63, 3.8) is 0 Å². The summed E-state index contributed by atoms with van der Waals surface area (Å²) >= 11 is 1.67. The van der Waals surface area contributed by atoms with Gasteiger partial charge in [0.2, 0.25) is 5.91 Å². The molecule has 1 aromatic carbocycles. The van der Waals surface area contributed by atoms with Crippen LogP contribution in [0, 0.1) is 0 Å². The molecule has 3 rings (SSSR count). The van der Waals surface area contributed by atoms with E-state index in [-0.39, 0.29) is 5.91 Å². The van der Waals surface area contributed by atoms with Crippen LogP contribution < -0.4 is 5.32 Å². The molecule has 0 unspecified atom stereocenters. The zero-order chi connectivity index (χ0) is 15.2. The third-order valence-electron chi connectivity index (χ3n) is 3.08. The zero-order valence-electron chi connectivity index (χ0n) is 11.8. The molecule has 5 heteroatoms. The van der Waals surface area contributed by atoms with Crippen LogP contribution in [0.4, 0.5) is 5.82 Å². The number of thiophene rings is 1. The van der Waals surface area contributed by atoms with Gasteiger partial charge in [-0.1, -0.05) is 36.4 Å². The summed E-state index contributed by atoms with van der Waals surface area (Å²) < 4.78 is 1.78. The summed E-state index contributed by atoms with van der Waals surface area (Å²) in [7, 11) is 0. The predicted molar refractivity (Wildman–Crippen MR) is 89.8 cm³/mol.